The molecule has 1 saturated heterocycles. The number of thioether (sulfide) groups is 1. The van der Waals surface area contributed by atoms with E-state index in [2.05, 4.69) is 30.5 Å². The SMILES string of the molecule is Cn1c(N)c(NC(=O)NCCNC(=O)OC(C)(C)C)c[n+]1CC1=C(C(=O)O)N2C(=O)[C@@H](CC(=O)/C(=N\OC(C)(C)C(=O)OC(C)(C)C)c3nsc(N)n3)[C@H]2SC1. The molecule has 21 nitrogen and oxygen atoms in total. The Balaban J connectivity index is 1.44. The normalized spacial score (nSPS) is 17.4. The number of esters is 1. The highest BCUT2D eigenvalue weighted by atomic mass is 32.2. The molecular formula is C33H48N11O10S2+. The van der Waals surface area contributed by atoms with Crippen molar-refractivity contribution in [2.45, 2.75) is 90.5 Å². The Kier molecular flexibility index (Phi) is 12.9. The summed E-state index contributed by atoms with van der Waals surface area (Å²) in [7, 11) is 1.61. The van der Waals surface area contributed by atoms with Crippen LogP contribution >= 0.6 is 23.3 Å². The molecular weight excluding hydrogens is 775 g/mol. The molecule has 2 aromatic rings. The van der Waals surface area contributed by atoms with Gasteiger partial charge in [0.25, 0.3) is 0 Å². The maximum absolute atomic E-state index is 13.7. The van der Waals surface area contributed by atoms with E-state index in [4.69, 9.17) is 25.8 Å². The second kappa shape index (κ2) is 16.7. The molecule has 0 unspecified atom stereocenters. The molecule has 8 N–H and O–H groups in total. The maximum Gasteiger partial charge on any atom is 0.407 e. The lowest BCUT2D eigenvalue weighted by atomic mass is 9.89. The van der Waals surface area contributed by atoms with E-state index in [1.165, 1.54) is 36.5 Å². The Morgan fingerprint density at radius 1 is 1.04 bits per heavy atom. The molecule has 0 bridgehead atoms. The van der Waals surface area contributed by atoms with Gasteiger partial charge in [-0.05, 0) is 55.4 Å². The van der Waals surface area contributed by atoms with Gasteiger partial charge in [-0.25, -0.2) is 19.2 Å². The summed E-state index contributed by atoms with van der Waals surface area (Å²) < 4.78 is 17.7. The number of hydrogen-bond donors (Lipinski definition) is 6. The summed E-state index contributed by atoms with van der Waals surface area (Å²) in [6.45, 7) is 13.3. The minimum absolute atomic E-state index is 0.00294. The summed E-state index contributed by atoms with van der Waals surface area (Å²) in [5, 5.41) is 21.3. The molecule has 0 aliphatic carbocycles. The van der Waals surface area contributed by atoms with Crippen LogP contribution in [-0.2, 0) is 47.1 Å². The highest BCUT2D eigenvalue weighted by Crippen LogP contribution is 2.45. The number of nitrogen functional groups attached to an aromatic ring is 2. The van der Waals surface area contributed by atoms with Crippen LogP contribution in [0.25, 0.3) is 0 Å². The van der Waals surface area contributed by atoms with Gasteiger partial charge in [0, 0.05) is 42.4 Å². The van der Waals surface area contributed by atoms with E-state index >= 15 is 0 Å². The van der Waals surface area contributed by atoms with Gasteiger partial charge in [-0.15, -0.1) is 21.1 Å². The van der Waals surface area contributed by atoms with E-state index in [1.54, 1.807) is 53.3 Å². The number of nitrogens with zero attached hydrogens (tertiary/aromatic N) is 6. The third-order valence-electron chi connectivity index (χ3n) is 7.91. The van der Waals surface area contributed by atoms with Crippen molar-refractivity contribution in [1.82, 2.24) is 29.6 Å². The van der Waals surface area contributed by atoms with Crippen LogP contribution in [0.1, 0.15) is 67.6 Å². The summed E-state index contributed by atoms with van der Waals surface area (Å²) in [6.07, 6.45) is 0.504. The number of ketones is 1. The maximum atomic E-state index is 13.7. The molecule has 0 saturated carbocycles. The van der Waals surface area contributed by atoms with Crippen LogP contribution in [0.15, 0.2) is 22.6 Å². The average Bonchev–Trinajstić information content (AvgIpc) is 3.61. The molecule has 306 valence electrons. The Hall–Kier alpha value is -5.45. The third-order valence-corrected chi connectivity index (χ3v) is 9.85. The van der Waals surface area contributed by atoms with Gasteiger partial charge in [-0.2, -0.15) is 9.36 Å². The number of aliphatic carboxylic acids is 1. The monoisotopic (exact) mass is 822 g/mol. The third kappa shape index (κ3) is 10.6. The molecule has 0 spiro atoms. The zero-order valence-electron chi connectivity index (χ0n) is 32.5. The van der Waals surface area contributed by atoms with Crippen molar-refractivity contribution in [2.75, 3.05) is 35.6 Å². The van der Waals surface area contributed by atoms with E-state index < -0.39 is 63.8 Å². The lowest BCUT2D eigenvalue weighted by Crippen LogP contribution is -2.62. The topological polar surface area (TPSA) is 289 Å². The zero-order chi connectivity index (χ0) is 41.9. The molecule has 0 aromatic carbocycles. The predicted molar refractivity (Wildman–Crippen MR) is 204 cm³/mol. The molecule has 2 aliphatic heterocycles. The molecule has 23 heteroatoms. The first-order valence-electron chi connectivity index (χ1n) is 17.3. The molecule has 2 aromatic heterocycles. The number of aromatic nitrogens is 4. The number of carboxylic acid groups (broad SMARTS) is 1. The Bertz CT molecular complexity index is 1960. The number of oxime groups is 1. The van der Waals surface area contributed by atoms with E-state index in [9.17, 15) is 33.9 Å². The van der Waals surface area contributed by atoms with Crippen molar-refractivity contribution in [1.29, 1.82) is 0 Å². The van der Waals surface area contributed by atoms with E-state index in [0.29, 0.717) is 5.57 Å². The van der Waals surface area contributed by atoms with Crippen LogP contribution in [0.4, 0.5) is 26.2 Å². The van der Waals surface area contributed by atoms with Crippen molar-refractivity contribution in [3.63, 3.8) is 0 Å². The van der Waals surface area contributed by atoms with Crippen LogP contribution in [-0.4, -0.2) is 107 Å². The van der Waals surface area contributed by atoms with E-state index in [0.717, 1.165) is 16.4 Å². The largest absolute Gasteiger partial charge is 0.477 e. The summed E-state index contributed by atoms with van der Waals surface area (Å²) in [4.78, 5) is 87.6. The lowest BCUT2D eigenvalue weighted by Gasteiger charge is -2.49. The molecule has 0 radical (unpaired) electrons. The summed E-state index contributed by atoms with van der Waals surface area (Å²) in [5.74, 6) is -4.10. The summed E-state index contributed by atoms with van der Waals surface area (Å²) in [5.41, 5.74) is 8.90. The van der Waals surface area contributed by atoms with Gasteiger partial charge in [0.15, 0.2) is 34.7 Å². The number of urea groups is 1. The number of anilines is 3. The number of rotatable bonds is 14. The quantitative estimate of drug-likeness (QED) is 0.0392. The minimum atomic E-state index is -1.62. The lowest BCUT2D eigenvalue weighted by molar-refractivity contribution is -0.765. The van der Waals surface area contributed by atoms with Crippen molar-refractivity contribution >= 4 is 81.4 Å². The number of nitrogens with two attached hydrogens (primary N) is 2. The van der Waals surface area contributed by atoms with E-state index in [1.807, 2.05) is 0 Å². The van der Waals surface area contributed by atoms with Gasteiger partial charge >= 0.3 is 24.1 Å². The standard InChI is InChI=1S/C33H47N11O10S2/c1-31(2,3)52-27(49)33(7,8)54-40-20(23-39-28(35)56-41-23)19(45)12-17-24(46)44-21(26(47)48)16(15-55-25(17)44)13-43-14-18(22(34)42(43)9)38-29(50)36-10-11-37-30(51)53-32(4,5)6/h14,17,25,34H,10-13,15H2,1-9H3,(H6,35,36,37,38,39,41,47,48,50,51)/p+1/b40-20+/t17-,25-/m1/s1. The number of carboxylic acids is 1. The van der Waals surface area contributed by atoms with Crippen LogP contribution < -0.4 is 32.1 Å². The molecule has 1 fully saturated rings. The van der Waals surface area contributed by atoms with Gasteiger partial charge in [-0.3, -0.25) is 19.8 Å². The van der Waals surface area contributed by atoms with Crippen LogP contribution in [0.5, 0.6) is 0 Å². The van der Waals surface area contributed by atoms with Crippen LogP contribution in [0.2, 0.25) is 0 Å². The summed E-state index contributed by atoms with van der Waals surface area (Å²) >= 11 is 2.08. The number of alkyl carbamates (subject to hydrolysis) is 1. The molecule has 2 aliphatic rings. The molecule has 4 amide bonds. The number of hydrogen-bond acceptors (Lipinski definition) is 16. The number of nitrogens with one attached hydrogen (secondary N) is 3. The highest BCUT2D eigenvalue weighted by Gasteiger charge is 2.54. The number of ether oxygens (including phenoxy) is 2. The van der Waals surface area contributed by atoms with Crippen molar-refractivity contribution in [3.8, 4) is 0 Å². The second-order valence-electron chi connectivity index (χ2n) is 15.3. The fraction of sp³-hybridized carbons (Fsp3) is 0.576. The number of β-lactam (4-membered cyclic amide) rings is 1. The number of fused-ring (bicyclic) bond motifs is 1. The summed E-state index contributed by atoms with van der Waals surface area (Å²) in [6, 6.07) is -0.603. The minimum Gasteiger partial charge on any atom is -0.477 e. The average molecular weight is 823 g/mol. The first-order chi connectivity index (χ1) is 25.9. The highest BCUT2D eigenvalue weighted by molar-refractivity contribution is 8.00. The first-order valence-corrected chi connectivity index (χ1v) is 19.1. The number of Topliss-reactive ketones (excluding diaryl/α,β-unsaturated/α-hetero) is 1. The fourth-order valence-electron chi connectivity index (χ4n) is 5.26. The van der Waals surface area contributed by atoms with E-state index in [-0.39, 0.29) is 65.7 Å². The Labute approximate surface area is 330 Å². The van der Waals surface area contributed by atoms with Crippen molar-refractivity contribution < 1.29 is 52.9 Å². The number of carbonyl (C=O) groups is 6. The molecule has 2 atom stereocenters. The number of carbonyl (C=O) groups excluding carboxylic acids is 5. The zero-order valence-corrected chi connectivity index (χ0v) is 34.2. The second-order valence-corrected chi connectivity index (χ2v) is 17.1. The molecule has 4 heterocycles. The van der Waals surface area contributed by atoms with Crippen molar-refractivity contribution in [2.24, 2.45) is 18.1 Å². The molecule has 4 rings (SSSR count). The number of amides is 4. The van der Waals surface area contributed by atoms with Gasteiger partial charge in [0.1, 0.15) is 16.9 Å². The smallest absolute Gasteiger partial charge is 0.407 e. The van der Waals surface area contributed by atoms with Gasteiger partial charge < -0.3 is 41.5 Å². The van der Waals surface area contributed by atoms with Crippen LogP contribution in [0, 0.1) is 5.92 Å². The van der Waals surface area contributed by atoms with Gasteiger partial charge in [0.05, 0.1) is 18.3 Å². The fourth-order valence-corrected chi connectivity index (χ4v) is 7.10. The predicted octanol–water partition coefficient (Wildman–Crippen LogP) is 1.35. The van der Waals surface area contributed by atoms with Gasteiger partial charge in [-0.1, -0.05) is 5.16 Å². The Morgan fingerprint density at radius 2 is 1.68 bits per heavy atom. The van der Waals surface area contributed by atoms with Gasteiger partial charge in [0.2, 0.25) is 23.5 Å². The first kappa shape index (κ1) is 43.3. The Morgan fingerprint density at radius 3 is 2.27 bits per heavy atom. The van der Waals surface area contributed by atoms with Crippen LogP contribution in [0.3, 0.4) is 0 Å². The molecule has 56 heavy (non-hydrogen) atoms. The van der Waals surface area contributed by atoms with Crippen molar-refractivity contribution in [3.05, 3.63) is 23.3 Å².